The molecule has 0 aromatic heterocycles. The Labute approximate surface area is 140 Å². The lowest BCUT2D eigenvalue weighted by atomic mass is 10.1. The second-order valence-electron chi connectivity index (χ2n) is 4.99. The number of hydrogen-bond acceptors (Lipinski definition) is 4. The van der Waals surface area contributed by atoms with Gasteiger partial charge in [-0.1, -0.05) is 23.2 Å². The van der Waals surface area contributed by atoms with Crippen molar-refractivity contribution in [2.75, 3.05) is 25.1 Å². The predicted octanol–water partition coefficient (Wildman–Crippen LogP) is 2.74. The lowest BCUT2D eigenvalue weighted by molar-refractivity contribution is 0.545. The molecule has 0 amide bonds. The van der Waals surface area contributed by atoms with Gasteiger partial charge in [-0.05, 0) is 48.6 Å². The molecule has 1 aromatic carbocycles. The van der Waals surface area contributed by atoms with Gasteiger partial charge >= 0.3 is 0 Å². The second-order valence-corrected chi connectivity index (χ2v) is 8.69. The summed E-state index contributed by atoms with van der Waals surface area (Å²) in [5.74, 6) is 2.50. The Morgan fingerprint density at radius 3 is 2.71 bits per heavy atom. The Morgan fingerprint density at radius 2 is 2.10 bits per heavy atom. The highest BCUT2D eigenvalue weighted by Crippen LogP contribution is 2.29. The van der Waals surface area contributed by atoms with E-state index in [1.54, 1.807) is 7.05 Å². The summed E-state index contributed by atoms with van der Waals surface area (Å²) in [5.41, 5.74) is 0.709. The molecule has 0 radical (unpaired) electrons. The van der Waals surface area contributed by atoms with Crippen LogP contribution in [0.25, 0.3) is 0 Å². The summed E-state index contributed by atoms with van der Waals surface area (Å²) < 4.78 is 27.5. The summed E-state index contributed by atoms with van der Waals surface area (Å²) in [6, 6.07) is 3.02. The molecular formula is C13H18Cl2N2O2S2. The van der Waals surface area contributed by atoms with Gasteiger partial charge in [-0.25, -0.2) is 13.1 Å². The largest absolute Gasteiger partial charge is 0.316 e. The van der Waals surface area contributed by atoms with Crippen molar-refractivity contribution < 1.29 is 8.42 Å². The second kappa shape index (κ2) is 7.53. The normalized spacial score (nSPS) is 19.1. The van der Waals surface area contributed by atoms with Crippen LogP contribution in [0, 0.1) is 5.92 Å². The summed E-state index contributed by atoms with van der Waals surface area (Å²) >= 11 is 14.0. The van der Waals surface area contributed by atoms with Gasteiger partial charge in [-0.3, -0.25) is 0 Å². The fourth-order valence-corrected chi connectivity index (χ4v) is 5.42. The van der Waals surface area contributed by atoms with E-state index in [2.05, 4.69) is 10.0 Å². The average Bonchev–Trinajstić information content (AvgIpc) is 2.93. The third kappa shape index (κ3) is 4.50. The molecule has 0 spiro atoms. The Hall–Kier alpha value is 0.0200. The Balaban J connectivity index is 2.19. The number of halogens is 2. The highest BCUT2D eigenvalue weighted by Gasteiger charge is 2.23. The smallest absolute Gasteiger partial charge is 0.242 e. The van der Waals surface area contributed by atoms with Crippen molar-refractivity contribution in [3.05, 3.63) is 27.7 Å². The summed E-state index contributed by atoms with van der Waals surface area (Å²) in [5, 5.41) is 3.56. The molecule has 0 aliphatic carbocycles. The number of sulfonamides is 1. The van der Waals surface area contributed by atoms with Crippen LogP contribution in [-0.4, -0.2) is 33.5 Å². The van der Waals surface area contributed by atoms with Crippen LogP contribution in [0.1, 0.15) is 12.0 Å². The summed E-state index contributed by atoms with van der Waals surface area (Å²) in [7, 11) is -1.84. The van der Waals surface area contributed by atoms with Crippen molar-refractivity contribution in [3.8, 4) is 0 Å². The van der Waals surface area contributed by atoms with Gasteiger partial charge in [0.15, 0.2) is 0 Å². The van der Waals surface area contributed by atoms with Gasteiger partial charge in [-0.2, -0.15) is 11.8 Å². The molecule has 2 rings (SSSR count). The first-order valence-corrected chi connectivity index (χ1v) is 10.0. The molecule has 1 atom stereocenters. The van der Waals surface area contributed by atoms with E-state index in [1.165, 1.54) is 12.1 Å². The molecule has 1 aliphatic rings. The van der Waals surface area contributed by atoms with Crippen molar-refractivity contribution in [2.45, 2.75) is 17.9 Å². The third-order valence-electron chi connectivity index (χ3n) is 3.34. The maximum atomic E-state index is 12.4. The lowest BCUT2D eigenvalue weighted by Gasteiger charge is -2.13. The van der Waals surface area contributed by atoms with Crippen molar-refractivity contribution in [1.29, 1.82) is 0 Å². The zero-order valence-electron chi connectivity index (χ0n) is 11.7. The minimum absolute atomic E-state index is 0.0875. The zero-order valence-corrected chi connectivity index (χ0v) is 14.8. The Kier molecular flexibility index (Phi) is 6.23. The van der Waals surface area contributed by atoms with Crippen LogP contribution in [0.15, 0.2) is 17.0 Å². The highest BCUT2D eigenvalue weighted by molar-refractivity contribution is 7.99. The van der Waals surface area contributed by atoms with Gasteiger partial charge in [0.25, 0.3) is 0 Å². The minimum atomic E-state index is -3.61. The Bertz CT molecular complexity index is 602. The minimum Gasteiger partial charge on any atom is -0.316 e. The number of hydrogen-bond donors (Lipinski definition) is 2. The molecular weight excluding hydrogens is 351 g/mol. The summed E-state index contributed by atoms with van der Waals surface area (Å²) in [4.78, 5) is 0.0875. The van der Waals surface area contributed by atoms with E-state index in [0.29, 0.717) is 29.6 Å². The van der Waals surface area contributed by atoms with E-state index in [-0.39, 0.29) is 9.92 Å². The van der Waals surface area contributed by atoms with E-state index >= 15 is 0 Å². The fraction of sp³-hybridized carbons (Fsp3) is 0.538. The Morgan fingerprint density at radius 1 is 1.33 bits per heavy atom. The van der Waals surface area contributed by atoms with Crippen LogP contribution in [-0.2, 0) is 16.6 Å². The van der Waals surface area contributed by atoms with Crippen LogP contribution in [0.2, 0.25) is 10.0 Å². The summed E-state index contributed by atoms with van der Waals surface area (Å²) in [6.45, 7) is 0.938. The topological polar surface area (TPSA) is 58.2 Å². The van der Waals surface area contributed by atoms with E-state index in [4.69, 9.17) is 23.2 Å². The molecule has 1 saturated heterocycles. The van der Waals surface area contributed by atoms with Crippen molar-refractivity contribution in [1.82, 2.24) is 10.0 Å². The molecule has 21 heavy (non-hydrogen) atoms. The van der Waals surface area contributed by atoms with Crippen LogP contribution in [0.5, 0.6) is 0 Å². The molecule has 118 valence electrons. The first-order valence-electron chi connectivity index (χ1n) is 6.64. The maximum absolute atomic E-state index is 12.4. The molecule has 0 saturated carbocycles. The number of nitrogens with one attached hydrogen (secondary N) is 2. The van der Waals surface area contributed by atoms with Crippen LogP contribution < -0.4 is 10.0 Å². The zero-order chi connectivity index (χ0) is 15.5. The molecule has 1 unspecified atom stereocenters. The monoisotopic (exact) mass is 368 g/mol. The fourth-order valence-electron chi connectivity index (χ4n) is 2.15. The van der Waals surface area contributed by atoms with E-state index in [1.807, 2.05) is 11.8 Å². The SMILES string of the molecule is CNCc1cc(S(=O)(=O)NCC2CCSC2)c(Cl)cc1Cl. The van der Waals surface area contributed by atoms with Crippen LogP contribution in [0.4, 0.5) is 0 Å². The molecule has 0 bridgehead atoms. The van der Waals surface area contributed by atoms with Crippen molar-refractivity contribution in [2.24, 2.45) is 5.92 Å². The molecule has 2 N–H and O–H groups in total. The van der Waals surface area contributed by atoms with Gasteiger partial charge in [0.05, 0.1) is 5.02 Å². The predicted molar refractivity (Wildman–Crippen MR) is 89.8 cm³/mol. The number of rotatable bonds is 6. The number of thioether (sulfide) groups is 1. The van der Waals surface area contributed by atoms with E-state index < -0.39 is 10.0 Å². The quantitative estimate of drug-likeness (QED) is 0.810. The van der Waals surface area contributed by atoms with Gasteiger partial charge < -0.3 is 5.32 Å². The van der Waals surface area contributed by atoms with Crippen LogP contribution >= 0.6 is 35.0 Å². The van der Waals surface area contributed by atoms with Crippen molar-refractivity contribution in [3.63, 3.8) is 0 Å². The van der Waals surface area contributed by atoms with Gasteiger partial charge in [0.2, 0.25) is 10.0 Å². The first-order chi connectivity index (χ1) is 9.94. The maximum Gasteiger partial charge on any atom is 0.242 e. The van der Waals surface area contributed by atoms with E-state index in [9.17, 15) is 8.42 Å². The van der Waals surface area contributed by atoms with Crippen molar-refractivity contribution >= 4 is 45.0 Å². The molecule has 1 fully saturated rings. The molecule has 4 nitrogen and oxygen atoms in total. The average molecular weight is 369 g/mol. The van der Waals surface area contributed by atoms with Gasteiger partial charge in [0.1, 0.15) is 4.90 Å². The third-order valence-corrected chi connectivity index (χ3v) is 6.82. The lowest BCUT2D eigenvalue weighted by Crippen LogP contribution is -2.29. The standard InChI is InChI=1S/C13H18Cl2N2O2S2/c1-16-7-10-4-13(12(15)5-11(10)14)21(18,19)17-6-9-2-3-20-8-9/h4-5,9,16-17H,2-3,6-8H2,1H3. The van der Waals surface area contributed by atoms with Gasteiger partial charge in [-0.15, -0.1) is 0 Å². The first kappa shape index (κ1) is 17.4. The molecule has 1 heterocycles. The highest BCUT2D eigenvalue weighted by atomic mass is 35.5. The summed E-state index contributed by atoms with van der Waals surface area (Å²) in [6.07, 6.45) is 1.05. The van der Waals surface area contributed by atoms with E-state index in [0.717, 1.165) is 17.9 Å². The van der Waals surface area contributed by atoms with Crippen LogP contribution in [0.3, 0.4) is 0 Å². The number of benzene rings is 1. The molecule has 1 aliphatic heterocycles. The van der Waals surface area contributed by atoms with Gasteiger partial charge in [0, 0.05) is 18.1 Å². The molecule has 1 aromatic rings. The molecule has 8 heteroatoms.